The largest absolute Gasteiger partial charge is 0.411 e. The summed E-state index contributed by atoms with van der Waals surface area (Å²) in [6, 6.07) is 7.61. The van der Waals surface area contributed by atoms with E-state index in [1.165, 1.54) is 11.8 Å². The number of rotatable bonds is 9. The van der Waals surface area contributed by atoms with Gasteiger partial charge in [0.2, 0.25) is 0 Å². The zero-order valence-corrected chi connectivity index (χ0v) is 12.0. The number of methoxy groups -OCH3 is 1. The summed E-state index contributed by atoms with van der Waals surface area (Å²) < 4.78 is 45.2. The Morgan fingerprint density at radius 2 is 2.10 bits per heavy atom. The second-order valence-electron chi connectivity index (χ2n) is 4.04. The number of hydrogen-bond donors (Lipinski definition) is 1. The maximum atomic E-state index is 11.9. The highest BCUT2D eigenvalue weighted by atomic mass is 32.2. The topological polar surface area (TPSA) is 30.5 Å². The molecule has 0 amide bonds. The summed E-state index contributed by atoms with van der Waals surface area (Å²) in [5.41, 5.74) is 1.07. The highest BCUT2D eigenvalue weighted by Gasteiger charge is 2.27. The van der Waals surface area contributed by atoms with Gasteiger partial charge in [-0.15, -0.1) is 0 Å². The maximum absolute atomic E-state index is 11.9. The predicted octanol–water partition coefficient (Wildman–Crippen LogP) is 3.05. The van der Waals surface area contributed by atoms with Crippen molar-refractivity contribution in [2.45, 2.75) is 17.6 Å². The number of halogens is 3. The third-order valence-electron chi connectivity index (χ3n) is 2.29. The van der Waals surface area contributed by atoms with Crippen LogP contribution in [0.3, 0.4) is 0 Å². The van der Waals surface area contributed by atoms with Crippen LogP contribution in [0, 0.1) is 0 Å². The Labute approximate surface area is 120 Å². The minimum absolute atomic E-state index is 0.0138. The average molecular weight is 309 g/mol. The van der Waals surface area contributed by atoms with Crippen LogP contribution in [-0.4, -0.2) is 39.0 Å². The lowest BCUT2D eigenvalue weighted by Crippen LogP contribution is -2.18. The normalized spacial score (nSPS) is 11.8. The van der Waals surface area contributed by atoms with Crippen LogP contribution < -0.4 is 5.32 Å². The summed E-state index contributed by atoms with van der Waals surface area (Å²) in [5.74, 6) is -0.0138. The summed E-state index contributed by atoms with van der Waals surface area (Å²) in [6.45, 7) is 0.877. The number of nitrogens with one attached hydrogen (secondary N) is 1. The van der Waals surface area contributed by atoms with Crippen LogP contribution in [0.5, 0.6) is 0 Å². The fraction of sp³-hybridized carbons (Fsp3) is 0.538. The standard InChI is InChI=1S/C13H18F3NO2S/c1-18-6-5-17-8-11-3-2-4-12(7-11)20-10-19-9-13(14,15)16/h2-4,7,17H,5-6,8-10H2,1H3. The molecule has 0 aliphatic carbocycles. The van der Waals surface area contributed by atoms with Gasteiger partial charge in [0.25, 0.3) is 0 Å². The van der Waals surface area contributed by atoms with Gasteiger partial charge < -0.3 is 14.8 Å². The third-order valence-corrected chi connectivity index (χ3v) is 3.16. The van der Waals surface area contributed by atoms with Crippen LogP contribution in [0.4, 0.5) is 13.2 Å². The average Bonchev–Trinajstić information content (AvgIpc) is 2.39. The quantitative estimate of drug-likeness (QED) is 0.431. The molecule has 1 aromatic rings. The molecular weight excluding hydrogens is 291 g/mol. The molecule has 0 fully saturated rings. The molecule has 0 aliphatic rings. The first kappa shape index (κ1) is 17.3. The highest BCUT2D eigenvalue weighted by Crippen LogP contribution is 2.21. The minimum Gasteiger partial charge on any atom is -0.383 e. The van der Waals surface area contributed by atoms with Gasteiger partial charge in [-0.3, -0.25) is 0 Å². The summed E-state index contributed by atoms with van der Waals surface area (Å²) in [5, 5.41) is 3.20. The second-order valence-corrected chi connectivity index (χ2v) is 5.04. The zero-order valence-electron chi connectivity index (χ0n) is 11.2. The molecule has 3 nitrogen and oxygen atoms in total. The van der Waals surface area contributed by atoms with Crippen molar-refractivity contribution in [3.05, 3.63) is 29.8 Å². The van der Waals surface area contributed by atoms with Gasteiger partial charge in [-0.2, -0.15) is 13.2 Å². The van der Waals surface area contributed by atoms with Crippen molar-refractivity contribution in [3.63, 3.8) is 0 Å². The van der Waals surface area contributed by atoms with Gasteiger partial charge in [0.1, 0.15) is 6.61 Å². The lowest BCUT2D eigenvalue weighted by atomic mass is 10.2. The van der Waals surface area contributed by atoms with Gasteiger partial charge in [-0.1, -0.05) is 23.9 Å². The molecule has 0 saturated carbocycles. The molecule has 114 valence electrons. The molecule has 0 atom stereocenters. The van der Waals surface area contributed by atoms with E-state index in [4.69, 9.17) is 4.74 Å². The van der Waals surface area contributed by atoms with E-state index in [0.29, 0.717) is 13.2 Å². The molecule has 0 aromatic heterocycles. The highest BCUT2D eigenvalue weighted by molar-refractivity contribution is 7.99. The van der Waals surface area contributed by atoms with Crippen LogP contribution >= 0.6 is 11.8 Å². The third kappa shape index (κ3) is 8.42. The molecule has 1 N–H and O–H groups in total. The lowest BCUT2D eigenvalue weighted by Gasteiger charge is -2.08. The molecule has 0 aliphatic heterocycles. The van der Waals surface area contributed by atoms with Gasteiger partial charge in [0.05, 0.1) is 12.5 Å². The molecule has 0 heterocycles. The Hall–Kier alpha value is -0.760. The molecule has 0 bridgehead atoms. The Morgan fingerprint density at radius 1 is 1.30 bits per heavy atom. The first-order valence-corrected chi connectivity index (χ1v) is 7.06. The Bertz CT molecular complexity index is 388. The summed E-state index contributed by atoms with van der Waals surface area (Å²) in [6.07, 6.45) is -4.27. The molecule has 1 rings (SSSR count). The Kier molecular flexibility index (Phi) is 7.98. The predicted molar refractivity (Wildman–Crippen MR) is 72.8 cm³/mol. The maximum Gasteiger partial charge on any atom is 0.411 e. The molecule has 0 saturated heterocycles. The Morgan fingerprint density at radius 3 is 2.80 bits per heavy atom. The molecule has 0 unspecified atom stereocenters. The van der Waals surface area contributed by atoms with Gasteiger partial charge in [0.15, 0.2) is 0 Å². The second kappa shape index (κ2) is 9.23. The van der Waals surface area contributed by atoms with E-state index >= 15 is 0 Å². The van der Waals surface area contributed by atoms with Crippen LogP contribution in [-0.2, 0) is 16.0 Å². The van der Waals surface area contributed by atoms with Crippen molar-refractivity contribution >= 4 is 11.8 Å². The van der Waals surface area contributed by atoms with Crippen LogP contribution in [0.1, 0.15) is 5.56 Å². The number of thioether (sulfide) groups is 1. The van der Waals surface area contributed by atoms with E-state index in [1.54, 1.807) is 7.11 Å². The Balaban J connectivity index is 2.28. The monoisotopic (exact) mass is 309 g/mol. The molecule has 20 heavy (non-hydrogen) atoms. The fourth-order valence-electron chi connectivity index (χ4n) is 1.42. The number of hydrogen-bond acceptors (Lipinski definition) is 4. The first-order valence-electron chi connectivity index (χ1n) is 6.07. The van der Waals surface area contributed by atoms with Crippen molar-refractivity contribution in [1.82, 2.24) is 5.32 Å². The summed E-state index contributed by atoms with van der Waals surface area (Å²) in [4.78, 5) is 0.887. The van der Waals surface area contributed by atoms with E-state index in [1.807, 2.05) is 24.3 Å². The molecule has 0 radical (unpaired) electrons. The van der Waals surface area contributed by atoms with Crippen molar-refractivity contribution in [2.24, 2.45) is 0 Å². The van der Waals surface area contributed by atoms with Gasteiger partial charge in [0, 0.05) is 25.1 Å². The van der Waals surface area contributed by atoms with E-state index in [-0.39, 0.29) is 5.94 Å². The van der Waals surface area contributed by atoms with E-state index in [9.17, 15) is 13.2 Å². The first-order chi connectivity index (χ1) is 9.51. The van der Waals surface area contributed by atoms with Crippen molar-refractivity contribution in [3.8, 4) is 0 Å². The van der Waals surface area contributed by atoms with E-state index in [2.05, 4.69) is 10.1 Å². The minimum atomic E-state index is -4.27. The van der Waals surface area contributed by atoms with Gasteiger partial charge in [-0.25, -0.2) is 0 Å². The number of benzene rings is 1. The van der Waals surface area contributed by atoms with E-state index < -0.39 is 12.8 Å². The summed E-state index contributed by atoms with van der Waals surface area (Å²) >= 11 is 1.24. The van der Waals surface area contributed by atoms with Gasteiger partial charge in [-0.05, 0) is 17.7 Å². The summed E-state index contributed by atoms with van der Waals surface area (Å²) in [7, 11) is 1.64. The smallest absolute Gasteiger partial charge is 0.383 e. The SMILES string of the molecule is COCCNCc1cccc(SCOCC(F)(F)F)c1. The number of alkyl halides is 3. The van der Waals surface area contributed by atoms with Crippen molar-refractivity contribution in [2.75, 3.05) is 32.8 Å². The van der Waals surface area contributed by atoms with Crippen molar-refractivity contribution in [1.29, 1.82) is 0 Å². The zero-order chi connectivity index (χ0) is 14.8. The molecule has 0 spiro atoms. The fourth-order valence-corrected chi connectivity index (χ4v) is 2.13. The van der Waals surface area contributed by atoms with E-state index in [0.717, 1.165) is 17.0 Å². The number of ether oxygens (including phenoxy) is 2. The van der Waals surface area contributed by atoms with Crippen molar-refractivity contribution < 1.29 is 22.6 Å². The van der Waals surface area contributed by atoms with Crippen LogP contribution in [0.2, 0.25) is 0 Å². The van der Waals surface area contributed by atoms with Crippen LogP contribution in [0.25, 0.3) is 0 Å². The molecule has 7 heteroatoms. The molecular formula is C13H18F3NO2S. The molecule has 1 aromatic carbocycles. The van der Waals surface area contributed by atoms with Gasteiger partial charge >= 0.3 is 6.18 Å². The lowest BCUT2D eigenvalue weighted by molar-refractivity contribution is -0.168. The van der Waals surface area contributed by atoms with Crippen LogP contribution in [0.15, 0.2) is 29.2 Å².